The van der Waals surface area contributed by atoms with E-state index >= 15 is 0 Å². The van der Waals surface area contributed by atoms with E-state index in [0.29, 0.717) is 42.9 Å². The molecule has 28 heavy (non-hydrogen) atoms. The molecule has 1 aliphatic rings. The van der Waals surface area contributed by atoms with Crippen LogP contribution in [0.5, 0.6) is 11.5 Å². The second-order valence-electron chi connectivity index (χ2n) is 6.77. The maximum absolute atomic E-state index is 12.5. The fourth-order valence-electron chi connectivity index (χ4n) is 3.40. The Hall–Kier alpha value is -3.08. The predicted octanol–water partition coefficient (Wildman–Crippen LogP) is 4.28. The number of hydrogen-bond donors (Lipinski definition) is 1. The molecule has 1 N–H and O–H groups in total. The van der Waals surface area contributed by atoms with Crippen molar-refractivity contribution in [2.45, 2.75) is 25.2 Å². The Kier molecular flexibility index (Phi) is 6.48. The van der Waals surface area contributed by atoms with E-state index in [0.717, 1.165) is 11.1 Å². The van der Waals surface area contributed by atoms with E-state index in [1.165, 1.54) is 6.21 Å². The number of ketones is 1. The van der Waals surface area contributed by atoms with E-state index in [9.17, 15) is 9.90 Å². The number of carbonyl (C=O) groups excluding carboxylic acids is 1. The van der Waals surface area contributed by atoms with Crippen LogP contribution in [0.25, 0.3) is 0 Å². The fraction of sp³-hybridized carbons (Fsp3) is 0.304. The summed E-state index contributed by atoms with van der Waals surface area (Å²) in [6.45, 7) is 0.516. The van der Waals surface area contributed by atoms with Gasteiger partial charge in [0.25, 0.3) is 0 Å². The number of rotatable bonds is 7. The highest BCUT2D eigenvalue weighted by Gasteiger charge is 2.27. The van der Waals surface area contributed by atoms with Gasteiger partial charge in [-0.1, -0.05) is 36.4 Å². The molecule has 3 rings (SSSR count). The molecule has 0 spiro atoms. The maximum atomic E-state index is 12.5. The third-order valence-electron chi connectivity index (χ3n) is 4.95. The van der Waals surface area contributed by atoms with Crippen LogP contribution in [0.4, 0.5) is 0 Å². The van der Waals surface area contributed by atoms with Gasteiger partial charge >= 0.3 is 0 Å². The molecule has 5 heteroatoms. The Morgan fingerprint density at radius 2 is 1.82 bits per heavy atom. The molecule has 0 aromatic heterocycles. The summed E-state index contributed by atoms with van der Waals surface area (Å²) < 4.78 is 10.5. The Bertz CT molecular complexity index is 887. The minimum Gasteiger partial charge on any atom is -0.511 e. The smallest absolute Gasteiger partial charge is 0.168 e. The Morgan fingerprint density at radius 1 is 1.07 bits per heavy atom. The molecular weight excluding hydrogens is 354 g/mol. The molecular formula is C23H25NO4. The van der Waals surface area contributed by atoms with Crippen molar-refractivity contribution in [1.82, 2.24) is 0 Å². The lowest BCUT2D eigenvalue weighted by Crippen LogP contribution is -2.19. The molecule has 0 radical (unpaired) electrons. The zero-order valence-corrected chi connectivity index (χ0v) is 16.2. The number of allylic oxidation sites excluding steroid dienone is 2. The second-order valence-corrected chi connectivity index (χ2v) is 6.77. The number of benzene rings is 2. The standard InChI is InChI=1S/C23H25NO4/c1-27-22-9-8-16(12-23(22)28-2)10-11-24-15-19-20(25)13-18(14-21(19)26)17-6-4-3-5-7-17/h3-9,12,15,18,25H,10-11,13-14H2,1-2H3. The number of Topliss-reactive ketones (excluding diaryl/α,β-unsaturated/α-hetero) is 1. The summed E-state index contributed by atoms with van der Waals surface area (Å²) in [4.78, 5) is 16.8. The summed E-state index contributed by atoms with van der Waals surface area (Å²) >= 11 is 0. The summed E-state index contributed by atoms with van der Waals surface area (Å²) in [5, 5.41) is 10.4. The largest absolute Gasteiger partial charge is 0.511 e. The first kappa shape index (κ1) is 19.7. The number of hydrogen-bond acceptors (Lipinski definition) is 5. The first-order chi connectivity index (χ1) is 13.6. The molecule has 0 bridgehead atoms. The molecule has 1 aliphatic carbocycles. The maximum Gasteiger partial charge on any atom is 0.168 e. The minimum absolute atomic E-state index is 0.0256. The molecule has 2 aromatic rings. The van der Waals surface area contributed by atoms with Gasteiger partial charge < -0.3 is 14.6 Å². The molecule has 1 atom stereocenters. The average Bonchev–Trinajstić information content (AvgIpc) is 2.73. The van der Waals surface area contributed by atoms with Crippen LogP contribution in [0, 0.1) is 0 Å². The fourth-order valence-corrected chi connectivity index (χ4v) is 3.40. The van der Waals surface area contributed by atoms with Crippen molar-refractivity contribution in [1.29, 1.82) is 0 Å². The number of aliphatic imine (C=N–C) groups is 1. The SMILES string of the molecule is COc1ccc(CCN=CC2=C(O)CC(c3ccccc3)CC2=O)cc1OC. The van der Waals surface area contributed by atoms with Crippen LogP contribution in [0.3, 0.4) is 0 Å². The summed E-state index contributed by atoms with van der Waals surface area (Å²) in [5.41, 5.74) is 2.47. The van der Waals surface area contributed by atoms with Gasteiger partial charge in [-0.25, -0.2) is 0 Å². The number of nitrogens with zero attached hydrogens (tertiary/aromatic N) is 1. The number of carbonyl (C=O) groups is 1. The quantitative estimate of drug-likeness (QED) is 0.729. The highest BCUT2D eigenvalue weighted by atomic mass is 16.5. The van der Waals surface area contributed by atoms with E-state index in [4.69, 9.17) is 9.47 Å². The van der Waals surface area contributed by atoms with Gasteiger partial charge in [0, 0.05) is 25.6 Å². The van der Waals surface area contributed by atoms with Crippen LogP contribution in [-0.4, -0.2) is 37.9 Å². The van der Waals surface area contributed by atoms with Crippen molar-refractivity contribution in [3.05, 3.63) is 71.0 Å². The van der Waals surface area contributed by atoms with Crippen LogP contribution in [0.1, 0.15) is 29.9 Å². The Balaban J connectivity index is 1.62. The van der Waals surface area contributed by atoms with Crippen molar-refractivity contribution in [2.24, 2.45) is 4.99 Å². The van der Waals surface area contributed by atoms with Crippen LogP contribution < -0.4 is 9.47 Å². The summed E-state index contributed by atoms with van der Waals surface area (Å²) in [6.07, 6.45) is 3.07. The first-order valence-electron chi connectivity index (χ1n) is 9.33. The molecule has 0 fully saturated rings. The zero-order valence-electron chi connectivity index (χ0n) is 16.2. The predicted molar refractivity (Wildman–Crippen MR) is 110 cm³/mol. The highest BCUT2D eigenvalue weighted by molar-refractivity contribution is 6.14. The Morgan fingerprint density at radius 3 is 2.50 bits per heavy atom. The van der Waals surface area contributed by atoms with Crippen LogP contribution in [0.2, 0.25) is 0 Å². The van der Waals surface area contributed by atoms with Crippen LogP contribution >= 0.6 is 0 Å². The number of ether oxygens (including phenoxy) is 2. The van der Waals surface area contributed by atoms with Crippen molar-refractivity contribution in [2.75, 3.05) is 20.8 Å². The Labute approximate surface area is 165 Å². The molecule has 5 nitrogen and oxygen atoms in total. The van der Waals surface area contributed by atoms with Gasteiger partial charge in [-0.2, -0.15) is 0 Å². The van der Waals surface area contributed by atoms with Gasteiger partial charge in [0.05, 0.1) is 19.8 Å². The summed E-state index contributed by atoms with van der Waals surface area (Å²) in [5.74, 6) is 1.45. The molecule has 0 heterocycles. The van der Waals surface area contributed by atoms with E-state index in [1.54, 1.807) is 14.2 Å². The van der Waals surface area contributed by atoms with Crippen molar-refractivity contribution >= 4 is 12.0 Å². The normalized spacial score (nSPS) is 17.2. The van der Waals surface area contributed by atoms with Crippen LogP contribution in [0.15, 0.2) is 64.9 Å². The van der Waals surface area contributed by atoms with Crippen molar-refractivity contribution in [3.8, 4) is 11.5 Å². The minimum atomic E-state index is -0.0625. The third-order valence-corrected chi connectivity index (χ3v) is 4.95. The molecule has 0 amide bonds. The first-order valence-corrected chi connectivity index (χ1v) is 9.33. The van der Waals surface area contributed by atoms with E-state index < -0.39 is 0 Å². The van der Waals surface area contributed by atoms with Crippen molar-refractivity contribution in [3.63, 3.8) is 0 Å². The zero-order chi connectivity index (χ0) is 19.9. The monoisotopic (exact) mass is 379 g/mol. The molecule has 0 saturated carbocycles. The number of aliphatic hydroxyl groups excluding tert-OH is 1. The summed E-state index contributed by atoms with van der Waals surface area (Å²) in [6, 6.07) is 15.6. The van der Waals surface area contributed by atoms with Crippen LogP contribution in [-0.2, 0) is 11.2 Å². The molecule has 146 valence electrons. The second kappa shape index (κ2) is 9.22. The molecule has 1 unspecified atom stereocenters. The average molecular weight is 379 g/mol. The van der Waals surface area contributed by atoms with E-state index in [1.807, 2.05) is 48.5 Å². The van der Waals surface area contributed by atoms with Crippen molar-refractivity contribution < 1.29 is 19.4 Å². The van der Waals surface area contributed by atoms with E-state index in [-0.39, 0.29) is 17.5 Å². The molecule has 2 aromatic carbocycles. The third kappa shape index (κ3) is 4.60. The lowest BCUT2D eigenvalue weighted by Gasteiger charge is -2.22. The topological polar surface area (TPSA) is 68.1 Å². The van der Waals surface area contributed by atoms with Gasteiger partial charge in [-0.15, -0.1) is 0 Å². The van der Waals surface area contributed by atoms with Gasteiger partial charge in [0.2, 0.25) is 0 Å². The number of methoxy groups -OCH3 is 2. The van der Waals surface area contributed by atoms with Gasteiger partial charge in [-0.05, 0) is 35.6 Å². The number of aliphatic hydroxyl groups is 1. The van der Waals surface area contributed by atoms with Gasteiger partial charge in [0.1, 0.15) is 5.76 Å². The van der Waals surface area contributed by atoms with Gasteiger partial charge in [-0.3, -0.25) is 9.79 Å². The molecule has 0 aliphatic heterocycles. The van der Waals surface area contributed by atoms with Gasteiger partial charge in [0.15, 0.2) is 17.3 Å². The van der Waals surface area contributed by atoms with E-state index in [2.05, 4.69) is 4.99 Å². The molecule has 0 saturated heterocycles. The summed E-state index contributed by atoms with van der Waals surface area (Å²) in [7, 11) is 3.21. The highest BCUT2D eigenvalue weighted by Crippen LogP contribution is 2.33. The lowest BCUT2D eigenvalue weighted by atomic mass is 9.83. The lowest BCUT2D eigenvalue weighted by molar-refractivity contribution is -0.116.